The average molecular weight is 293 g/mol. The van der Waals surface area contributed by atoms with Crippen molar-refractivity contribution in [2.75, 3.05) is 27.7 Å². The van der Waals surface area contributed by atoms with E-state index in [2.05, 4.69) is 51.5 Å². The first-order chi connectivity index (χ1) is 10.5. The molecule has 2 aromatic rings. The summed E-state index contributed by atoms with van der Waals surface area (Å²) in [6.45, 7) is 1.06. The lowest BCUT2D eigenvalue weighted by atomic mass is 9.72. The van der Waals surface area contributed by atoms with Gasteiger partial charge in [0, 0.05) is 0 Å². The SMILES string of the molecule is C[N+](C)(C)CCCC(C#N)(c1ccccc1)c1ccccc1. The lowest BCUT2D eigenvalue weighted by molar-refractivity contribution is -0.870. The van der Waals surface area contributed by atoms with Crippen molar-refractivity contribution < 1.29 is 4.48 Å². The summed E-state index contributed by atoms with van der Waals surface area (Å²) >= 11 is 0. The molecule has 0 aliphatic rings. The van der Waals surface area contributed by atoms with Gasteiger partial charge in [-0.3, -0.25) is 0 Å². The average Bonchev–Trinajstić information content (AvgIpc) is 2.52. The fourth-order valence-electron chi connectivity index (χ4n) is 2.90. The van der Waals surface area contributed by atoms with Crippen LogP contribution in [-0.2, 0) is 5.41 Å². The molecule has 114 valence electrons. The third-order valence-corrected chi connectivity index (χ3v) is 4.10. The highest BCUT2D eigenvalue weighted by Gasteiger charge is 2.34. The van der Waals surface area contributed by atoms with Crippen LogP contribution in [0.4, 0.5) is 0 Å². The smallest absolute Gasteiger partial charge is 0.107 e. The highest BCUT2D eigenvalue weighted by Crippen LogP contribution is 2.36. The highest BCUT2D eigenvalue weighted by atomic mass is 15.3. The predicted molar refractivity (Wildman–Crippen MR) is 91.4 cm³/mol. The Morgan fingerprint density at radius 1 is 0.864 bits per heavy atom. The molecule has 0 saturated carbocycles. The molecule has 2 rings (SSSR count). The predicted octanol–water partition coefficient (Wildman–Crippen LogP) is 3.98. The fraction of sp³-hybridized carbons (Fsp3) is 0.350. The Hall–Kier alpha value is -2.11. The molecule has 0 unspecified atom stereocenters. The van der Waals surface area contributed by atoms with Crippen molar-refractivity contribution in [3.8, 4) is 6.07 Å². The van der Waals surface area contributed by atoms with Gasteiger partial charge in [-0.15, -0.1) is 0 Å². The van der Waals surface area contributed by atoms with Crippen LogP contribution in [0.3, 0.4) is 0 Å². The van der Waals surface area contributed by atoms with Gasteiger partial charge in [-0.05, 0) is 24.0 Å². The molecule has 0 N–H and O–H groups in total. The van der Waals surface area contributed by atoms with Crippen molar-refractivity contribution >= 4 is 0 Å². The number of benzene rings is 2. The maximum atomic E-state index is 10.1. The summed E-state index contributed by atoms with van der Waals surface area (Å²) in [4.78, 5) is 0. The van der Waals surface area contributed by atoms with E-state index >= 15 is 0 Å². The third-order valence-electron chi connectivity index (χ3n) is 4.10. The number of hydrogen-bond donors (Lipinski definition) is 0. The van der Waals surface area contributed by atoms with E-state index in [-0.39, 0.29) is 0 Å². The molecule has 0 atom stereocenters. The Morgan fingerprint density at radius 2 is 1.32 bits per heavy atom. The van der Waals surface area contributed by atoms with Gasteiger partial charge < -0.3 is 4.48 Å². The molecule has 0 fully saturated rings. The van der Waals surface area contributed by atoms with Crippen LogP contribution in [0.15, 0.2) is 60.7 Å². The Morgan fingerprint density at radius 3 is 1.68 bits per heavy atom. The summed E-state index contributed by atoms with van der Waals surface area (Å²) in [5.74, 6) is 0. The number of hydrogen-bond acceptors (Lipinski definition) is 1. The zero-order valence-corrected chi connectivity index (χ0v) is 13.8. The van der Waals surface area contributed by atoms with Gasteiger partial charge in [0.15, 0.2) is 0 Å². The van der Waals surface area contributed by atoms with E-state index < -0.39 is 5.41 Å². The van der Waals surface area contributed by atoms with Crippen molar-refractivity contribution in [3.05, 3.63) is 71.8 Å². The Bertz CT molecular complexity index is 579. The normalized spacial score (nSPS) is 11.9. The zero-order valence-electron chi connectivity index (χ0n) is 13.8. The summed E-state index contributed by atoms with van der Waals surface area (Å²) in [5.41, 5.74) is 1.62. The fourth-order valence-corrected chi connectivity index (χ4v) is 2.90. The van der Waals surface area contributed by atoms with E-state index in [0.29, 0.717) is 0 Å². The Labute approximate surface area is 134 Å². The van der Waals surface area contributed by atoms with E-state index in [1.165, 1.54) is 0 Å². The van der Waals surface area contributed by atoms with Crippen LogP contribution in [0.1, 0.15) is 24.0 Å². The Balaban J connectivity index is 2.38. The maximum Gasteiger partial charge on any atom is 0.107 e. The first-order valence-corrected chi connectivity index (χ1v) is 7.81. The Kier molecular flexibility index (Phi) is 5.00. The van der Waals surface area contributed by atoms with E-state index in [1.54, 1.807) is 0 Å². The van der Waals surface area contributed by atoms with Crippen LogP contribution in [0.25, 0.3) is 0 Å². The monoisotopic (exact) mass is 293 g/mol. The number of nitrogens with zero attached hydrogens (tertiary/aromatic N) is 2. The molecule has 0 heterocycles. The molecule has 0 saturated heterocycles. The molecule has 0 amide bonds. The van der Waals surface area contributed by atoms with Crippen LogP contribution in [0.5, 0.6) is 0 Å². The lowest BCUT2D eigenvalue weighted by Gasteiger charge is -2.30. The molecule has 2 aromatic carbocycles. The minimum atomic E-state index is -0.558. The summed E-state index contributed by atoms with van der Waals surface area (Å²) in [6.07, 6.45) is 1.86. The second kappa shape index (κ2) is 6.77. The molecule has 2 nitrogen and oxygen atoms in total. The van der Waals surface area contributed by atoms with Crippen molar-refractivity contribution in [2.45, 2.75) is 18.3 Å². The van der Waals surface area contributed by atoms with Gasteiger partial charge in [0.2, 0.25) is 0 Å². The lowest BCUT2D eigenvalue weighted by Crippen LogP contribution is -2.36. The minimum absolute atomic E-state index is 0.558. The molecule has 0 bridgehead atoms. The van der Waals surface area contributed by atoms with Gasteiger partial charge in [-0.25, -0.2) is 0 Å². The van der Waals surface area contributed by atoms with Gasteiger partial charge >= 0.3 is 0 Å². The molecule has 0 spiro atoms. The zero-order chi connectivity index (χ0) is 16.1. The summed E-state index contributed by atoms with van der Waals surface area (Å²) in [6, 6.07) is 23.0. The van der Waals surface area contributed by atoms with Crippen LogP contribution in [0, 0.1) is 11.3 Å². The van der Waals surface area contributed by atoms with Crippen molar-refractivity contribution in [3.63, 3.8) is 0 Å². The van der Waals surface area contributed by atoms with E-state index in [4.69, 9.17) is 0 Å². The van der Waals surface area contributed by atoms with Crippen LogP contribution >= 0.6 is 0 Å². The maximum absolute atomic E-state index is 10.1. The molecule has 2 heteroatoms. The van der Waals surface area contributed by atoms with Crippen LogP contribution in [-0.4, -0.2) is 32.2 Å². The van der Waals surface area contributed by atoms with Crippen molar-refractivity contribution in [2.24, 2.45) is 0 Å². The van der Waals surface area contributed by atoms with Crippen molar-refractivity contribution in [1.29, 1.82) is 5.26 Å². The van der Waals surface area contributed by atoms with Gasteiger partial charge in [0.25, 0.3) is 0 Å². The van der Waals surface area contributed by atoms with Gasteiger partial charge in [0.05, 0.1) is 33.8 Å². The molecular formula is C20H25N2+. The molecule has 0 aliphatic heterocycles. The van der Waals surface area contributed by atoms with Crippen LogP contribution < -0.4 is 0 Å². The van der Waals surface area contributed by atoms with E-state index in [9.17, 15) is 5.26 Å². The van der Waals surface area contributed by atoms with Gasteiger partial charge in [-0.1, -0.05) is 60.7 Å². The molecule has 0 aromatic heterocycles. The van der Waals surface area contributed by atoms with E-state index in [0.717, 1.165) is 35.0 Å². The highest BCUT2D eigenvalue weighted by molar-refractivity contribution is 5.45. The summed E-state index contributed by atoms with van der Waals surface area (Å²) in [7, 11) is 6.58. The molecule has 22 heavy (non-hydrogen) atoms. The number of nitriles is 1. The van der Waals surface area contributed by atoms with Gasteiger partial charge in [-0.2, -0.15) is 5.26 Å². The van der Waals surface area contributed by atoms with E-state index in [1.807, 2.05) is 36.4 Å². The quantitative estimate of drug-likeness (QED) is 0.739. The van der Waals surface area contributed by atoms with Crippen molar-refractivity contribution in [1.82, 2.24) is 0 Å². The third kappa shape index (κ3) is 3.75. The second-order valence-corrected chi connectivity index (χ2v) is 6.87. The topological polar surface area (TPSA) is 23.8 Å². The second-order valence-electron chi connectivity index (χ2n) is 6.87. The van der Waals surface area contributed by atoms with Crippen LogP contribution in [0.2, 0.25) is 0 Å². The first kappa shape index (κ1) is 16.3. The summed E-state index contributed by atoms with van der Waals surface area (Å²) < 4.78 is 0.922. The first-order valence-electron chi connectivity index (χ1n) is 7.81. The molecule has 0 aliphatic carbocycles. The van der Waals surface area contributed by atoms with Gasteiger partial charge in [0.1, 0.15) is 5.41 Å². The summed E-state index contributed by atoms with van der Waals surface area (Å²) in [5, 5.41) is 10.1. The standard InChI is InChI=1S/C20H25N2/c1-22(2,3)16-10-15-20(17-21,18-11-6-4-7-12-18)19-13-8-5-9-14-19/h4-9,11-14H,10,15-16H2,1-3H3/q+1. The molecule has 0 radical (unpaired) electrons. The molecular weight excluding hydrogens is 268 g/mol. The number of rotatable bonds is 6. The number of quaternary nitrogens is 1. The minimum Gasteiger partial charge on any atom is -0.331 e. The largest absolute Gasteiger partial charge is 0.331 e.